The van der Waals surface area contributed by atoms with E-state index in [2.05, 4.69) is 15.3 Å². The van der Waals surface area contributed by atoms with Crippen molar-refractivity contribution in [3.8, 4) is 0 Å². The third-order valence-electron chi connectivity index (χ3n) is 2.80. The molecule has 6 heteroatoms. The molecule has 0 atom stereocenters. The van der Waals surface area contributed by atoms with Crippen LogP contribution in [0.1, 0.15) is 18.5 Å². The highest BCUT2D eigenvalue weighted by Gasteiger charge is 2.13. The largest absolute Gasteiger partial charge is 0.388 e. The van der Waals surface area contributed by atoms with E-state index < -0.39 is 0 Å². The molecule has 1 aromatic heterocycles. The average Bonchev–Trinajstić information content (AvgIpc) is 2.38. The van der Waals surface area contributed by atoms with Gasteiger partial charge in [-0.25, -0.2) is 9.97 Å². The van der Waals surface area contributed by atoms with Crippen LogP contribution in [0.4, 0.5) is 5.95 Å². The maximum atomic E-state index is 5.52. The molecular formula is C11H16N4OS. The second-order valence-electron chi connectivity index (χ2n) is 4.07. The topological polar surface area (TPSA) is 73.1 Å². The smallest absolute Gasteiger partial charge is 0.223 e. The average molecular weight is 252 g/mol. The highest BCUT2D eigenvalue weighted by atomic mass is 32.1. The number of nitrogens with two attached hydrogens (primary N) is 1. The maximum absolute atomic E-state index is 5.52. The summed E-state index contributed by atoms with van der Waals surface area (Å²) in [7, 11) is 0. The van der Waals surface area contributed by atoms with Gasteiger partial charge in [-0.1, -0.05) is 12.2 Å². The van der Waals surface area contributed by atoms with Gasteiger partial charge in [-0.15, -0.1) is 0 Å². The van der Waals surface area contributed by atoms with E-state index in [1.54, 1.807) is 12.3 Å². The lowest BCUT2D eigenvalue weighted by molar-refractivity contribution is 0.0699. The summed E-state index contributed by atoms with van der Waals surface area (Å²) in [5.74, 6) is 1.21. The molecule has 17 heavy (non-hydrogen) atoms. The SMILES string of the molecule is NC(=S)c1ccnc(NCC2CCOCC2)n1. The quantitative estimate of drug-likeness (QED) is 0.777. The van der Waals surface area contributed by atoms with Crippen molar-refractivity contribution in [3.05, 3.63) is 18.0 Å². The van der Waals surface area contributed by atoms with Crippen molar-refractivity contribution in [2.24, 2.45) is 11.7 Å². The van der Waals surface area contributed by atoms with E-state index in [4.69, 9.17) is 22.7 Å². The Kier molecular flexibility index (Phi) is 4.22. The van der Waals surface area contributed by atoms with Crippen LogP contribution in [0, 0.1) is 5.92 Å². The van der Waals surface area contributed by atoms with Crippen molar-refractivity contribution >= 4 is 23.2 Å². The molecular weight excluding hydrogens is 236 g/mol. The first-order chi connectivity index (χ1) is 8.25. The van der Waals surface area contributed by atoms with Gasteiger partial charge < -0.3 is 15.8 Å². The fourth-order valence-electron chi connectivity index (χ4n) is 1.77. The van der Waals surface area contributed by atoms with Crippen LogP contribution >= 0.6 is 12.2 Å². The highest BCUT2D eigenvalue weighted by molar-refractivity contribution is 7.80. The number of hydrogen-bond acceptors (Lipinski definition) is 5. The Bertz CT molecular complexity index is 393. The Morgan fingerprint density at radius 1 is 1.53 bits per heavy atom. The Morgan fingerprint density at radius 3 is 3.00 bits per heavy atom. The molecule has 0 radical (unpaired) electrons. The summed E-state index contributed by atoms with van der Waals surface area (Å²) < 4.78 is 5.31. The highest BCUT2D eigenvalue weighted by Crippen LogP contribution is 2.14. The molecule has 0 unspecified atom stereocenters. The molecule has 0 saturated carbocycles. The van der Waals surface area contributed by atoms with E-state index in [0.717, 1.165) is 32.6 Å². The molecule has 0 aliphatic carbocycles. The summed E-state index contributed by atoms with van der Waals surface area (Å²) in [5.41, 5.74) is 6.12. The molecule has 1 fully saturated rings. The van der Waals surface area contributed by atoms with E-state index >= 15 is 0 Å². The summed E-state index contributed by atoms with van der Waals surface area (Å²) in [4.78, 5) is 8.67. The van der Waals surface area contributed by atoms with Crippen LogP contribution in [0.3, 0.4) is 0 Å². The van der Waals surface area contributed by atoms with Gasteiger partial charge in [0.25, 0.3) is 0 Å². The molecule has 0 bridgehead atoms. The minimum absolute atomic E-state index is 0.293. The van der Waals surface area contributed by atoms with Crippen LogP contribution in [0.2, 0.25) is 0 Å². The summed E-state index contributed by atoms with van der Waals surface area (Å²) in [5, 5.41) is 3.22. The Morgan fingerprint density at radius 2 is 2.29 bits per heavy atom. The molecule has 5 nitrogen and oxygen atoms in total. The third-order valence-corrected chi connectivity index (χ3v) is 3.01. The second kappa shape index (κ2) is 5.88. The first kappa shape index (κ1) is 12.2. The molecule has 0 aromatic carbocycles. The Hall–Kier alpha value is -1.27. The van der Waals surface area contributed by atoms with Crippen molar-refractivity contribution in [2.75, 3.05) is 25.1 Å². The molecule has 1 aliphatic rings. The van der Waals surface area contributed by atoms with Crippen molar-refractivity contribution in [1.82, 2.24) is 9.97 Å². The molecule has 3 N–H and O–H groups in total. The van der Waals surface area contributed by atoms with E-state index in [0.29, 0.717) is 22.5 Å². The number of aromatic nitrogens is 2. The molecule has 2 heterocycles. The van der Waals surface area contributed by atoms with Gasteiger partial charge in [-0.05, 0) is 24.8 Å². The Balaban J connectivity index is 1.89. The van der Waals surface area contributed by atoms with Gasteiger partial charge >= 0.3 is 0 Å². The lowest BCUT2D eigenvalue weighted by Gasteiger charge is -2.22. The zero-order valence-electron chi connectivity index (χ0n) is 9.56. The van der Waals surface area contributed by atoms with Crippen LogP contribution in [0.25, 0.3) is 0 Å². The number of rotatable bonds is 4. The first-order valence-electron chi connectivity index (χ1n) is 5.70. The number of anilines is 1. The summed E-state index contributed by atoms with van der Waals surface area (Å²) >= 11 is 4.87. The van der Waals surface area contributed by atoms with Crippen LogP contribution in [-0.2, 0) is 4.74 Å². The molecule has 92 valence electrons. The maximum Gasteiger partial charge on any atom is 0.223 e. The molecule has 1 aromatic rings. The number of hydrogen-bond donors (Lipinski definition) is 2. The molecule has 1 aliphatic heterocycles. The van der Waals surface area contributed by atoms with Crippen molar-refractivity contribution < 1.29 is 4.74 Å². The summed E-state index contributed by atoms with van der Waals surface area (Å²) in [6, 6.07) is 1.71. The molecule has 0 amide bonds. The van der Waals surface area contributed by atoms with Gasteiger partial charge in [0.2, 0.25) is 5.95 Å². The zero-order chi connectivity index (χ0) is 12.1. The van der Waals surface area contributed by atoms with Crippen molar-refractivity contribution in [3.63, 3.8) is 0 Å². The predicted octanol–water partition coefficient (Wildman–Crippen LogP) is 0.949. The second-order valence-corrected chi connectivity index (χ2v) is 4.51. The zero-order valence-corrected chi connectivity index (χ0v) is 10.4. The van der Waals surface area contributed by atoms with Crippen molar-refractivity contribution in [1.29, 1.82) is 0 Å². The van der Waals surface area contributed by atoms with Crippen LogP contribution in [-0.4, -0.2) is 34.7 Å². The molecule has 0 spiro atoms. The number of ether oxygens (including phenoxy) is 1. The standard InChI is InChI=1S/C11H16N4OS/c12-10(17)9-1-4-13-11(15-9)14-7-8-2-5-16-6-3-8/h1,4,8H,2-3,5-7H2,(H2,12,17)(H,13,14,15). The van der Waals surface area contributed by atoms with Crippen LogP contribution in [0.15, 0.2) is 12.3 Å². The van der Waals surface area contributed by atoms with Gasteiger partial charge in [-0.3, -0.25) is 0 Å². The lowest BCUT2D eigenvalue weighted by atomic mass is 10.0. The fourth-order valence-corrected chi connectivity index (χ4v) is 1.88. The van der Waals surface area contributed by atoms with Gasteiger partial charge in [0.1, 0.15) is 10.7 Å². The summed E-state index contributed by atoms with van der Waals surface area (Å²) in [6.07, 6.45) is 3.83. The normalized spacial score (nSPS) is 16.7. The van der Waals surface area contributed by atoms with E-state index in [-0.39, 0.29) is 0 Å². The van der Waals surface area contributed by atoms with Gasteiger partial charge in [0.15, 0.2) is 0 Å². The fraction of sp³-hybridized carbons (Fsp3) is 0.545. The minimum atomic E-state index is 0.293. The monoisotopic (exact) mass is 252 g/mol. The van der Waals surface area contributed by atoms with Gasteiger partial charge in [0.05, 0.1) is 0 Å². The third kappa shape index (κ3) is 3.61. The molecule has 2 rings (SSSR count). The van der Waals surface area contributed by atoms with Gasteiger partial charge in [-0.2, -0.15) is 0 Å². The predicted molar refractivity (Wildman–Crippen MR) is 70.0 cm³/mol. The number of thiocarbonyl (C=S) groups is 1. The summed E-state index contributed by atoms with van der Waals surface area (Å²) in [6.45, 7) is 2.56. The number of nitrogens with zero attached hydrogens (tertiary/aromatic N) is 2. The Labute approximate surface area is 106 Å². The van der Waals surface area contributed by atoms with Crippen LogP contribution < -0.4 is 11.1 Å². The van der Waals surface area contributed by atoms with E-state index in [9.17, 15) is 0 Å². The van der Waals surface area contributed by atoms with E-state index in [1.807, 2.05) is 0 Å². The van der Waals surface area contributed by atoms with Gasteiger partial charge in [0, 0.05) is 26.0 Å². The van der Waals surface area contributed by atoms with E-state index in [1.165, 1.54) is 0 Å². The minimum Gasteiger partial charge on any atom is -0.388 e. The van der Waals surface area contributed by atoms with Crippen molar-refractivity contribution in [2.45, 2.75) is 12.8 Å². The van der Waals surface area contributed by atoms with Crippen LogP contribution in [0.5, 0.6) is 0 Å². The first-order valence-corrected chi connectivity index (χ1v) is 6.11. The number of nitrogens with one attached hydrogen (secondary N) is 1. The lowest BCUT2D eigenvalue weighted by Crippen LogP contribution is -2.23. The molecule has 1 saturated heterocycles.